The van der Waals surface area contributed by atoms with Crippen molar-refractivity contribution in [1.82, 2.24) is 0 Å². The predicted octanol–water partition coefficient (Wildman–Crippen LogP) is 3.33. The van der Waals surface area contributed by atoms with Crippen LogP contribution in [0.2, 0.25) is 0 Å². The average molecular weight is 220 g/mol. The Bertz CT molecular complexity index is 397. The summed E-state index contributed by atoms with van der Waals surface area (Å²) < 4.78 is 5.25. The van der Waals surface area contributed by atoms with Crippen LogP contribution >= 0.6 is 0 Å². The maximum Gasteiger partial charge on any atom is 0.304 e. The van der Waals surface area contributed by atoms with Crippen LogP contribution < -0.4 is 0 Å². The zero-order valence-electron chi connectivity index (χ0n) is 9.40. The summed E-state index contributed by atoms with van der Waals surface area (Å²) in [6.45, 7) is 2.00. The molecule has 1 N–H and O–H groups in total. The molecule has 1 aliphatic carbocycles. The molecule has 0 spiro atoms. The van der Waals surface area contributed by atoms with E-state index < -0.39 is 5.97 Å². The SMILES string of the molecule is C/C(=C/c1ccco1)C1(CC(=O)O)CCC1. The molecule has 3 nitrogen and oxygen atoms in total. The summed E-state index contributed by atoms with van der Waals surface area (Å²) in [5.41, 5.74) is 0.995. The Labute approximate surface area is 94.8 Å². The lowest BCUT2D eigenvalue weighted by Crippen LogP contribution is -2.33. The number of rotatable bonds is 4. The van der Waals surface area contributed by atoms with E-state index in [0.717, 1.165) is 30.6 Å². The first-order valence-corrected chi connectivity index (χ1v) is 5.56. The van der Waals surface area contributed by atoms with Crippen molar-refractivity contribution >= 4 is 12.0 Å². The smallest absolute Gasteiger partial charge is 0.304 e. The molecule has 1 saturated carbocycles. The summed E-state index contributed by atoms with van der Waals surface area (Å²) in [4.78, 5) is 10.9. The second kappa shape index (κ2) is 4.16. The maximum atomic E-state index is 10.9. The molecular formula is C13H16O3. The Kier molecular flexibility index (Phi) is 2.86. The molecule has 1 aliphatic rings. The Morgan fingerprint density at radius 1 is 1.62 bits per heavy atom. The van der Waals surface area contributed by atoms with Crippen LogP contribution in [0.4, 0.5) is 0 Å². The minimum absolute atomic E-state index is 0.126. The molecule has 0 aliphatic heterocycles. The fraction of sp³-hybridized carbons (Fsp3) is 0.462. The summed E-state index contributed by atoms with van der Waals surface area (Å²) in [7, 11) is 0. The van der Waals surface area contributed by atoms with Gasteiger partial charge in [0.1, 0.15) is 5.76 Å². The molecule has 0 amide bonds. The molecule has 2 rings (SSSR count). The third kappa shape index (κ3) is 2.03. The Hall–Kier alpha value is -1.51. The fourth-order valence-electron chi connectivity index (χ4n) is 2.34. The third-order valence-corrected chi connectivity index (χ3v) is 3.54. The Morgan fingerprint density at radius 3 is 2.81 bits per heavy atom. The number of carboxylic acids is 1. The van der Waals surface area contributed by atoms with E-state index in [1.54, 1.807) is 6.26 Å². The molecule has 0 bridgehead atoms. The van der Waals surface area contributed by atoms with Crippen LogP contribution in [0.1, 0.15) is 38.4 Å². The highest BCUT2D eigenvalue weighted by molar-refractivity contribution is 5.69. The van der Waals surface area contributed by atoms with E-state index in [9.17, 15) is 4.79 Å². The highest BCUT2D eigenvalue weighted by Gasteiger charge is 2.40. The lowest BCUT2D eigenvalue weighted by molar-refractivity contribution is -0.140. The van der Waals surface area contributed by atoms with E-state index in [-0.39, 0.29) is 11.8 Å². The van der Waals surface area contributed by atoms with Gasteiger partial charge in [-0.2, -0.15) is 0 Å². The van der Waals surface area contributed by atoms with Crippen molar-refractivity contribution in [2.75, 3.05) is 0 Å². The zero-order chi connectivity index (χ0) is 11.6. The van der Waals surface area contributed by atoms with E-state index in [1.165, 1.54) is 0 Å². The number of hydrogen-bond acceptors (Lipinski definition) is 2. The predicted molar refractivity (Wildman–Crippen MR) is 60.9 cm³/mol. The molecule has 16 heavy (non-hydrogen) atoms. The van der Waals surface area contributed by atoms with Gasteiger partial charge in [0.25, 0.3) is 0 Å². The van der Waals surface area contributed by atoms with Crippen LogP contribution in [0.5, 0.6) is 0 Å². The van der Waals surface area contributed by atoms with Gasteiger partial charge < -0.3 is 9.52 Å². The first kappa shape index (κ1) is 11.0. The van der Waals surface area contributed by atoms with Gasteiger partial charge in [0.05, 0.1) is 12.7 Å². The summed E-state index contributed by atoms with van der Waals surface area (Å²) >= 11 is 0. The monoisotopic (exact) mass is 220 g/mol. The van der Waals surface area contributed by atoms with E-state index in [4.69, 9.17) is 9.52 Å². The molecule has 0 atom stereocenters. The molecule has 86 valence electrons. The van der Waals surface area contributed by atoms with Crippen molar-refractivity contribution in [3.8, 4) is 0 Å². The van der Waals surface area contributed by atoms with E-state index >= 15 is 0 Å². The van der Waals surface area contributed by atoms with E-state index in [1.807, 2.05) is 25.1 Å². The second-order valence-corrected chi connectivity index (χ2v) is 4.55. The van der Waals surface area contributed by atoms with Crippen LogP contribution in [0, 0.1) is 5.41 Å². The molecule has 1 fully saturated rings. The average Bonchev–Trinajstić information content (AvgIpc) is 2.63. The van der Waals surface area contributed by atoms with Crippen molar-refractivity contribution in [2.24, 2.45) is 5.41 Å². The third-order valence-electron chi connectivity index (χ3n) is 3.54. The number of hydrogen-bond donors (Lipinski definition) is 1. The molecule has 0 unspecified atom stereocenters. The van der Waals surface area contributed by atoms with Crippen LogP contribution in [0.25, 0.3) is 6.08 Å². The Balaban J connectivity index is 2.18. The first-order chi connectivity index (χ1) is 7.62. The number of allylic oxidation sites excluding steroid dienone is 1. The summed E-state index contributed by atoms with van der Waals surface area (Å²) in [5, 5.41) is 8.94. The fourth-order valence-corrected chi connectivity index (χ4v) is 2.34. The van der Waals surface area contributed by atoms with Gasteiger partial charge in [-0.1, -0.05) is 12.0 Å². The second-order valence-electron chi connectivity index (χ2n) is 4.55. The van der Waals surface area contributed by atoms with Crippen molar-refractivity contribution in [1.29, 1.82) is 0 Å². The van der Waals surface area contributed by atoms with Gasteiger partial charge in [-0.3, -0.25) is 4.79 Å². The van der Waals surface area contributed by atoms with Crippen LogP contribution in [-0.4, -0.2) is 11.1 Å². The van der Waals surface area contributed by atoms with Gasteiger partial charge in [-0.15, -0.1) is 0 Å². The van der Waals surface area contributed by atoms with Gasteiger partial charge >= 0.3 is 5.97 Å². The molecule has 1 aromatic heterocycles. The quantitative estimate of drug-likeness (QED) is 0.846. The summed E-state index contributed by atoms with van der Waals surface area (Å²) in [6, 6.07) is 3.72. The summed E-state index contributed by atoms with van der Waals surface area (Å²) in [6.07, 6.45) is 6.89. The first-order valence-electron chi connectivity index (χ1n) is 5.56. The van der Waals surface area contributed by atoms with Crippen LogP contribution in [-0.2, 0) is 4.79 Å². The lowest BCUT2D eigenvalue weighted by Gasteiger charge is -2.42. The topological polar surface area (TPSA) is 50.4 Å². The van der Waals surface area contributed by atoms with Gasteiger partial charge in [0.2, 0.25) is 0 Å². The van der Waals surface area contributed by atoms with Crippen molar-refractivity contribution in [2.45, 2.75) is 32.6 Å². The van der Waals surface area contributed by atoms with Crippen LogP contribution in [0.3, 0.4) is 0 Å². The standard InChI is InChI=1S/C13H16O3/c1-10(8-11-4-2-7-16-11)13(5-3-6-13)9-12(14)15/h2,4,7-8H,3,5-6,9H2,1H3,(H,14,15)/b10-8-. The summed E-state index contributed by atoms with van der Waals surface area (Å²) in [5.74, 6) is 0.0843. The minimum Gasteiger partial charge on any atom is -0.481 e. The van der Waals surface area contributed by atoms with Gasteiger partial charge in [0.15, 0.2) is 0 Å². The number of aliphatic carboxylic acids is 1. The molecule has 1 heterocycles. The van der Waals surface area contributed by atoms with Gasteiger partial charge in [0, 0.05) is 5.41 Å². The van der Waals surface area contributed by atoms with Gasteiger partial charge in [-0.25, -0.2) is 0 Å². The van der Waals surface area contributed by atoms with Gasteiger partial charge in [-0.05, 0) is 38.0 Å². The molecule has 1 aromatic rings. The number of furan rings is 1. The number of carboxylic acid groups (broad SMARTS) is 1. The normalized spacial score (nSPS) is 19.2. The van der Waals surface area contributed by atoms with Crippen molar-refractivity contribution in [3.63, 3.8) is 0 Å². The lowest BCUT2D eigenvalue weighted by atomic mass is 9.62. The molecule has 0 radical (unpaired) electrons. The van der Waals surface area contributed by atoms with E-state index in [0.29, 0.717) is 0 Å². The minimum atomic E-state index is -0.716. The molecule has 3 heteroatoms. The molecule has 0 aromatic carbocycles. The van der Waals surface area contributed by atoms with Crippen molar-refractivity contribution < 1.29 is 14.3 Å². The molecule has 0 saturated heterocycles. The highest BCUT2D eigenvalue weighted by atomic mass is 16.4. The Morgan fingerprint density at radius 2 is 2.38 bits per heavy atom. The van der Waals surface area contributed by atoms with E-state index in [2.05, 4.69) is 0 Å². The zero-order valence-corrected chi connectivity index (χ0v) is 9.40. The molecular weight excluding hydrogens is 204 g/mol. The number of carbonyl (C=O) groups is 1. The van der Waals surface area contributed by atoms with Crippen LogP contribution in [0.15, 0.2) is 28.4 Å². The highest BCUT2D eigenvalue weighted by Crippen LogP contribution is 2.50. The van der Waals surface area contributed by atoms with Crippen molar-refractivity contribution in [3.05, 3.63) is 29.7 Å². The maximum absolute atomic E-state index is 10.9. The largest absolute Gasteiger partial charge is 0.481 e.